The third-order valence-corrected chi connectivity index (χ3v) is 4.88. The second-order valence-corrected chi connectivity index (χ2v) is 6.15. The molecule has 2 fully saturated rings. The van der Waals surface area contributed by atoms with Crippen LogP contribution in [0.15, 0.2) is 0 Å². The lowest BCUT2D eigenvalue weighted by Gasteiger charge is -2.28. The summed E-state index contributed by atoms with van der Waals surface area (Å²) in [6.45, 7) is 8.87. The molecule has 0 N–H and O–H groups in total. The van der Waals surface area contributed by atoms with Gasteiger partial charge in [0.25, 0.3) is 0 Å². The Morgan fingerprint density at radius 2 is 2.06 bits per heavy atom. The summed E-state index contributed by atoms with van der Waals surface area (Å²) in [4.78, 5) is 5.43. The van der Waals surface area contributed by atoms with Crippen molar-refractivity contribution in [1.29, 1.82) is 0 Å². The van der Waals surface area contributed by atoms with Crippen LogP contribution in [0.4, 0.5) is 0 Å². The number of nitrogens with zero attached hydrogens (tertiary/aromatic N) is 2. The molecule has 0 spiro atoms. The second kappa shape index (κ2) is 7.01. The summed E-state index contributed by atoms with van der Waals surface area (Å²) in [7, 11) is 0. The predicted octanol–water partition coefficient (Wildman–Crippen LogP) is 2.50. The normalized spacial score (nSPS) is 28.9. The smallest absolute Gasteiger partial charge is 0.0223 e. The van der Waals surface area contributed by atoms with E-state index in [1.54, 1.807) is 0 Å². The highest BCUT2D eigenvalue weighted by molar-refractivity contribution is 7.80. The van der Waals surface area contributed by atoms with Crippen LogP contribution < -0.4 is 0 Å². The number of hydrogen-bond acceptors (Lipinski definition) is 3. The van der Waals surface area contributed by atoms with Crippen LogP contribution in [-0.2, 0) is 0 Å². The Kier molecular flexibility index (Phi) is 5.64. The number of thiol groups is 1. The summed E-state index contributed by atoms with van der Waals surface area (Å²) in [6.07, 6.45) is 6.85. The fourth-order valence-electron chi connectivity index (χ4n) is 3.46. The van der Waals surface area contributed by atoms with Crippen LogP contribution in [0.25, 0.3) is 0 Å². The lowest BCUT2D eigenvalue weighted by atomic mass is 10.0. The number of rotatable bonds is 5. The van der Waals surface area contributed by atoms with Crippen molar-refractivity contribution in [2.45, 2.75) is 45.1 Å². The van der Waals surface area contributed by atoms with Gasteiger partial charge in [0.05, 0.1) is 0 Å². The van der Waals surface area contributed by atoms with Gasteiger partial charge < -0.3 is 4.90 Å². The van der Waals surface area contributed by atoms with Gasteiger partial charge in [0, 0.05) is 19.1 Å². The molecule has 2 unspecified atom stereocenters. The van der Waals surface area contributed by atoms with Crippen molar-refractivity contribution < 1.29 is 0 Å². The first-order valence-corrected chi connectivity index (χ1v) is 8.04. The van der Waals surface area contributed by atoms with Crippen molar-refractivity contribution in [3.8, 4) is 0 Å². The molecule has 2 atom stereocenters. The summed E-state index contributed by atoms with van der Waals surface area (Å²) in [5.74, 6) is 1.86. The minimum Gasteiger partial charge on any atom is -0.301 e. The van der Waals surface area contributed by atoms with Crippen molar-refractivity contribution in [3.63, 3.8) is 0 Å². The molecular weight excluding hydrogens is 228 g/mol. The van der Waals surface area contributed by atoms with Crippen LogP contribution in [0, 0.1) is 5.92 Å². The first-order valence-electron chi connectivity index (χ1n) is 7.40. The Morgan fingerprint density at radius 3 is 2.82 bits per heavy atom. The molecule has 0 aromatic rings. The molecule has 2 saturated heterocycles. The van der Waals surface area contributed by atoms with Crippen molar-refractivity contribution in [1.82, 2.24) is 9.80 Å². The van der Waals surface area contributed by atoms with E-state index in [-0.39, 0.29) is 0 Å². The van der Waals surface area contributed by atoms with E-state index in [9.17, 15) is 0 Å². The van der Waals surface area contributed by atoms with Gasteiger partial charge in [0.2, 0.25) is 0 Å². The van der Waals surface area contributed by atoms with Crippen LogP contribution >= 0.6 is 12.6 Å². The zero-order valence-electron chi connectivity index (χ0n) is 11.3. The molecular formula is C14H28N2S. The Bertz CT molecular complexity index is 222. The summed E-state index contributed by atoms with van der Waals surface area (Å²) in [5, 5.41) is 0. The van der Waals surface area contributed by atoms with Gasteiger partial charge in [-0.3, -0.25) is 4.90 Å². The third-order valence-electron chi connectivity index (χ3n) is 4.36. The van der Waals surface area contributed by atoms with Gasteiger partial charge in [-0.1, -0.05) is 13.3 Å². The zero-order chi connectivity index (χ0) is 12.1. The third kappa shape index (κ3) is 3.87. The van der Waals surface area contributed by atoms with Crippen molar-refractivity contribution in [2.75, 3.05) is 38.5 Å². The average molecular weight is 256 g/mol. The molecule has 2 nitrogen and oxygen atoms in total. The highest BCUT2D eigenvalue weighted by Gasteiger charge is 2.29. The maximum Gasteiger partial charge on any atom is 0.0223 e. The molecule has 3 heteroatoms. The molecule has 0 aliphatic carbocycles. The summed E-state index contributed by atoms with van der Waals surface area (Å²) < 4.78 is 0. The Labute approximate surface area is 112 Å². The summed E-state index contributed by atoms with van der Waals surface area (Å²) in [6, 6.07) is 0.861. The molecule has 0 amide bonds. The minimum atomic E-state index is 0.802. The standard InChI is InChI=1S/C14H28N2S/c1-2-5-13(12-17)10-15-7-4-9-16-8-3-6-14(16)11-15/h13-14,17H,2-12H2,1H3. The van der Waals surface area contributed by atoms with Crippen LogP contribution in [0.2, 0.25) is 0 Å². The van der Waals surface area contributed by atoms with E-state index in [0.29, 0.717) is 0 Å². The molecule has 0 aromatic heterocycles. The molecule has 2 aliphatic rings. The van der Waals surface area contributed by atoms with E-state index in [4.69, 9.17) is 0 Å². The van der Waals surface area contributed by atoms with Crippen LogP contribution in [-0.4, -0.2) is 54.3 Å². The van der Waals surface area contributed by atoms with E-state index < -0.39 is 0 Å². The zero-order valence-corrected chi connectivity index (χ0v) is 12.2. The summed E-state index contributed by atoms with van der Waals surface area (Å²) in [5.41, 5.74) is 0. The van der Waals surface area contributed by atoms with Gasteiger partial charge in [-0.15, -0.1) is 0 Å². The van der Waals surface area contributed by atoms with E-state index in [1.165, 1.54) is 64.8 Å². The molecule has 17 heavy (non-hydrogen) atoms. The first kappa shape index (κ1) is 13.7. The molecule has 0 saturated carbocycles. The van der Waals surface area contributed by atoms with E-state index in [2.05, 4.69) is 29.4 Å². The van der Waals surface area contributed by atoms with Gasteiger partial charge in [0.1, 0.15) is 0 Å². The second-order valence-electron chi connectivity index (χ2n) is 5.78. The first-order chi connectivity index (χ1) is 8.33. The highest BCUT2D eigenvalue weighted by Crippen LogP contribution is 2.22. The van der Waals surface area contributed by atoms with Gasteiger partial charge in [0.15, 0.2) is 0 Å². The lowest BCUT2D eigenvalue weighted by molar-refractivity contribution is 0.200. The van der Waals surface area contributed by atoms with Crippen LogP contribution in [0.1, 0.15) is 39.0 Å². The monoisotopic (exact) mass is 256 g/mol. The average Bonchev–Trinajstić information content (AvgIpc) is 2.68. The van der Waals surface area contributed by atoms with Crippen molar-refractivity contribution >= 4 is 12.6 Å². The fourth-order valence-corrected chi connectivity index (χ4v) is 3.76. The maximum absolute atomic E-state index is 4.51. The largest absolute Gasteiger partial charge is 0.301 e. The highest BCUT2D eigenvalue weighted by atomic mass is 32.1. The van der Waals surface area contributed by atoms with Crippen LogP contribution in [0.5, 0.6) is 0 Å². The Balaban J connectivity index is 1.83. The van der Waals surface area contributed by atoms with Gasteiger partial charge >= 0.3 is 0 Å². The quantitative estimate of drug-likeness (QED) is 0.755. The van der Waals surface area contributed by atoms with Crippen LogP contribution in [0.3, 0.4) is 0 Å². The predicted molar refractivity (Wildman–Crippen MR) is 77.9 cm³/mol. The molecule has 2 rings (SSSR count). The van der Waals surface area contributed by atoms with Gasteiger partial charge in [-0.2, -0.15) is 12.6 Å². The fraction of sp³-hybridized carbons (Fsp3) is 1.00. The molecule has 2 heterocycles. The summed E-state index contributed by atoms with van der Waals surface area (Å²) >= 11 is 4.51. The lowest BCUT2D eigenvalue weighted by Crippen LogP contribution is -2.38. The van der Waals surface area contributed by atoms with E-state index in [1.807, 2.05) is 0 Å². The minimum absolute atomic E-state index is 0.802. The maximum atomic E-state index is 4.51. The van der Waals surface area contributed by atoms with Gasteiger partial charge in [-0.25, -0.2) is 0 Å². The topological polar surface area (TPSA) is 6.48 Å². The molecule has 100 valence electrons. The number of hydrogen-bond donors (Lipinski definition) is 1. The number of fused-ring (bicyclic) bond motifs is 1. The molecule has 0 aromatic carbocycles. The van der Waals surface area contributed by atoms with E-state index in [0.717, 1.165) is 17.7 Å². The molecule has 2 aliphatic heterocycles. The SMILES string of the molecule is CCCC(CS)CN1CCCN2CCCC2C1. The van der Waals surface area contributed by atoms with E-state index >= 15 is 0 Å². The van der Waals surface area contributed by atoms with Crippen molar-refractivity contribution in [3.05, 3.63) is 0 Å². The van der Waals surface area contributed by atoms with Gasteiger partial charge in [-0.05, 0) is 57.0 Å². The Morgan fingerprint density at radius 1 is 1.24 bits per heavy atom. The van der Waals surface area contributed by atoms with Crippen molar-refractivity contribution in [2.24, 2.45) is 5.92 Å². The Hall–Kier alpha value is 0.270. The molecule has 0 bridgehead atoms. The molecule has 0 radical (unpaired) electrons.